The molecular weight excluding hydrogens is 252 g/mol. The highest BCUT2D eigenvalue weighted by atomic mass is 35.7. The Kier molecular flexibility index (Phi) is 3.46. The van der Waals surface area contributed by atoms with Crippen molar-refractivity contribution < 1.29 is 21.9 Å². The number of rotatable bonds is 3. The fraction of sp³-hybridized carbons (Fsp3) is 0.286. The van der Waals surface area contributed by atoms with Crippen molar-refractivity contribution in [3.63, 3.8) is 0 Å². The van der Waals surface area contributed by atoms with Gasteiger partial charge in [0.15, 0.2) is 0 Å². The molecule has 0 aliphatic rings. The molecule has 0 atom stereocenters. The van der Waals surface area contributed by atoms with Gasteiger partial charge in [0.25, 0.3) is 9.05 Å². The van der Waals surface area contributed by atoms with Crippen molar-refractivity contribution >= 4 is 19.7 Å². The second kappa shape index (κ2) is 4.28. The largest absolute Gasteiger partial charge is 0.417 e. The van der Waals surface area contributed by atoms with Crippen LogP contribution in [0.5, 0.6) is 5.88 Å². The second-order valence-electron chi connectivity index (χ2n) is 2.61. The highest BCUT2D eigenvalue weighted by Crippen LogP contribution is 2.21. The minimum absolute atomic E-state index is 0.164. The van der Waals surface area contributed by atoms with Gasteiger partial charge >= 0.3 is 6.61 Å². The lowest BCUT2D eigenvalue weighted by atomic mass is 10.3. The summed E-state index contributed by atoms with van der Waals surface area (Å²) in [6.45, 7) is -1.62. The van der Waals surface area contributed by atoms with Gasteiger partial charge < -0.3 is 4.74 Å². The summed E-state index contributed by atoms with van der Waals surface area (Å²) in [4.78, 5) is 3.16. The summed E-state index contributed by atoms with van der Waals surface area (Å²) in [6, 6.07) is 1.10. The van der Waals surface area contributed by atoms with Crippen molar-refractivity contribution in [3.8, 4) is 5.88 Å². The Labute approximate surface area is 89.3 Å². The quantitative estimate of drug-likeness (QED) is 0.777. The maximum Gasteiger partial charge on any atom is 0.388 e. The van der Waals surface area contributed by atoms with E-state index in [0.29, 0.717) is 0 Å². The highest BCUT2D eigenvalue weighted by Gasteiger charge is 2.14. The molecule has 84 valence electrons. The van der Waals surface area contributed by atoms with Crippen LogP contribution in [0.4, 0.5) is 8.78 Å². The Morgan fingerprint density at radius 3 is 2.53 bits per heavy atom. The summed E-state index contributed by atoms with van der Waals surface area (Å²) in [5.74, 6) is -0.325. The first kappa shape index (κ1) is 12.1. The van der Waals surface area contributed by atoms with Gasteiger partial charge in [0, 0.05) is 16.2 Å². The summed E-state index contributed by atoms with van der Waals surface area (Å²) >= 11 is 0. The Morgan fingerprint density at radius 1 is 1.53 bits per heavy atom. The lowest BCUT2D eigenvalue weighted by Gasteiger charge is -2.06. The molecule has 0 radical (unpaired) electrons. The fourth-order valence-corrected chi connectivity index (χ4v) is 1.63. The van der Waals surface area contributed by atoms with E-state index in [2.05, 4.69) is 9.72 Å². The third-order valence-corrected chi connectivity index (χ3v) is 2.81. The van der Waals surface area contributed by atoms with Crippen molar-refractivity contribution in [1.82, 2.24) is 4.98 Å². The lowest BCUT2D eigenvalue weighted by molar-refractivity contribution is -0.0533. The number of aromatic nitrogens is 1. The monoisotopic (exact) mass is 257 g/mol. The molecule has 0 bridgehead atoms. The van der Waals surface area contributed by atoms with Crippen LogP contribution in [0.2, 0.25) is 0 Å². The van der Waals surface area contributed by atoms with Crippen molar-refractivity contribution in [1.29, 1.82) is 0 Å². The number of hydrogen-bond donors (Lipinski definition) is 0. The Hall–Kier alpha value is -0.950. The van der Waals surface area contributed by atoms with E-state index in [1.54, 1.807) is 0 Å². The summed E-state index contributed by atoms with van der Waals surface area (Å²) in [6.07, 6.45) is 0.854. The number of alkyl halides is 2. The third kappa shape index (κ3) is 3.28. The van der Waals surface area contributed by atoms with Gasteiger partial charge in [-0.1, -0.05) is 0 Å². The normalized spacial score (nSPS) is 11.8. The van der Waals surface area contributed by atoms with E-state index in [1.807, 2.05) is 0 Å². The molecule has 1 heterocycles. The molecule has 0 unspecified atom stereocenters. The van der Waals surface area contributed by atoms with Crippen LogP contribution in [0.15, 0.2) is 17.2 Å². The van der Waals surface area contributed by atoms with Gasteiger partial charge in [-0.3, -0.25) is 0 Å². The van der Waals surface area contributed by atoms with Gasteiger partial charge in [-0.2, -0.15) is 8.78 Å². The van der Waals surface area contributed by atoms with Crippen LogP contribution in [-0.4, -0.2) is 20.0 Å². The molecular formula is C7H6ClF2NO3S. The van der Waals surface area contributed by atoms with Crippen LogP contribution < -0.4 is 4.74 Å². The zero-order valence-electron chi connectivity index (χ0n) is 7.45. The van der Waals surface area contributed by atoms with Crippen molar-refractivity contribution in [2.45, 2.75) is 18.4 Å². The van der Waals surface area contributed by atoms with Crippen LogP contribution in [0, 0.1) is 6.92 Å². The Morgan fingerprint density at radius 2 is 2.13 bits per heavy atom. The van der Waals surface area contributed by atoms with Gasteiger partial charge in [-0.15, -0.1) is 0 Å². The zero-order chi connectivity index (χ0) is 11.6. The minimum atomic E-state index is -3.90. The van der Waals surface area contributed by atoms with Gasteiger partial charge in [-0.05, 0) is 13.0 Å². The average Bonchev–Trinajstić information content (AvgIpc) is 2.05. The zero-order valence-corrected chi connectivity index (χ0v) is 9.02. The van der Waals surface area contributed by atoms with Crippen LogP contribution in [0.1, 0.15) is 5.56 Å². The standard InChI is InChI=1S/C7H6ClF2NO3S/c1-4-2-5(15(8,12)13)3-11-6(4)14-7(9)10/h2-3,7H,1H3. The molecule has 0 amide bonds. The van der Waals surface area contributed by atoms with E-state index < -0.39 is 15.7 Å². The number of hydrogen-bond acceptors (Lipinski definition) is 4. The number of ether oxygens (including phenoxy) is 1. The molecule has 1 rings (SSSR count). The Bertz CT molecular complexity index is 463. The van der Waals surface area contributed by atoms with Crippen molar-refractivity contribution in [3.05, 3.63) is 17.8 Å². The molecule has 0 saturated heterocycles. The number of aryl methyl sites for hydroxylation is 1. The molecule has 0 N–H and O–H groups in total. The van der Waals surface area contributed by atoms with Crippen molar-refractivity contribution in [2.24, 2.45) is 0 Å². The molecule has 0 saturated carbocycles. The number of pyridine rings is 1. The van der Waals surface area contributed by atoms with E-state index in [0.717, 1.165) is 12.3 Å². The third-order valence-electron chi connectivity index (χ3n) is 1.49. The van der Waals surface area contributed by atoms with Crippen LogP contribution in [0.3, 0.4) is 0 Å². The van der Waals surface area contributed by atoms with Crippen LogP contribution in [0.25, 0.3) is 0 Å². The van der Waals surface area contributed by atoms with E-state index in [-0.39, 0.29) is 16.3 Å². The maximum absolute atomic E-state index is 11.8. The van der Waals surface area contributed by atoms with Crippen LogP contribution >= 0.6 is 10.7 Å². The predicted octanol–water partition coefficient (Wildman–Crippen LogP) is 1.92. The molecule has 0 spiro atoms. The van der Waals surface area contributed by atoms with Gasteiger partial charge in [0.05, 0.1) is 6.20 Å². The van der Waals surface area contributed by atoms with E-state index in [1.165, 1.54) is 6.92 Å². The number of halogens is 3. The van der Waals surface area contributed by atoms with Crippen molar-refractivity contribution in [2.75, 3.05) is 0 Å². The highest BCUT2D eigenvalue weighted by molar-refractivity contribution is 8.13. The lowest BCUT2D eigenvalue weighted by Crippen LogP contribution is -2.06. The molecule has 8 heteroatoms. The van der Waals surface area contributed by atoms with Crippen LogP contribution in [-0.2, 0) is 9.05 Å². The fourth-order valence-electron chi connectivity index (χ4n) is 0.878. The maximum atomic E-state index is 11.8. The topological polar surface area (TPSA) is 56.3 Å². The summed E-state index contributed by atoms with van der Waals surface area (Å²) in [5.41, 5.74) is 0.164. The SMILES string of the molecule is Cc1cc(S(=O)(=O)Cl)cnc1OC(F)F. The van der Waals surface area contributed by atoms with Gasteiger partial charge in [0.2, 0.25) is 5.88 Å². The first-order valence-corrected chi connectivity index (χ1v) is 5.98. The molecule has 0 aliphatic heterocycles. The first-order chi connectivity index (χ1) is 6.80. The average molecular weight is 258 g/mol. The molecule has 15 heavy (non-hydrogen) atoms. The van der Waals surface area contributed by atoms with E-state index in [4.69, 9.17) is 10.7 Å². The van der Waals surface area contributed by atoms with Gasteiger partial charge in [0.1, 0.15) is 4.90 Å². The van der Waals surface area contributed by atoms with E-state index >= 15 is 0 Å². The second-order valence-corrected chi connectivity index (χ2v) is 5.18. The van der Waals surface area contributed by atoms with Gasteiger partial charge in [-0.25, -0.2) is 13.4 Å². The van der Waals surface area contributed by atoms with E-state index in [9.17, 15) is 17.2 Å². The summed E-state index contributed by atoms with van der Waals surface area (Å²) < 4.78 is 49.4. The predicted molar refractivity (Wildman–Crippen MR) is 48.6 cm³/mol. The smallest absolute Gasteiger partial charge is 0.388 e. The summed E-state index contributed by atoms with van der Waals surface area (Å²) in [7, 11) is 1.13. The minimum Gasteiger partial charge on any atom is -0.417 e. The molecule has 0 fully saturated rings. The molecule has 0 aliphatic carbocycles. The molecule has 1 aromatic rings. The number of nitrogens with zero attached hydrogens (tertiary/aromatic N) is 1. The first-order valence-electron chi connectivity index (χ1n) is 3.67. The molecule has 0 aromatic carbocycles. The molecule has 1 aromatic heterocycles. The summed E-state index contributed by atoms with van der Waals surface area (Å²) in [5, 5.41) is 0. The molecule has 4 nitrogen and oxygen atoms in total. The Balaban J connectivity index is 3.09.